The fourth-order valence-corrected chi connectivity index (χ4v) is 3.10. The Labute approximate surface area is 159 Å². The molecule has 0 aromatic heterocycles. The lowest BCUT2D eigenvalue weighted by atomic mass is 9.85. The number of fused-ring (bicyclic) bond motifs is 1. The molecule has 148 valence electrons. The molecule has 0 radical (unpaired) electrons. The Morgan fingerprint density at radius 2 is 1.79 bits per heavy atom. The zero-order valence-corrected chi connectivity index (χ0v) is 15.3. The lowest BCUT2D eigenvalue weighted by Crippen LogP contribution is -2.53. The molecule has 2 aromatic carbocycles. The molecule has 0 spiro atoms. The number of hydrogen-bond acceptors (Lipinski definition) is 4. The van der Waals surface area contributed by atoms with Crippen LogP contribution in [0.25, 0.3) is 0 Å². The highest BCUT2D eigenvalue weighted by atomic mass is 19.2. The summed E-state index contributed by atoms with van der Waals surface area (Å²) in [5.74, 6) is -5.76. The number of hydrogen-bond donors (Lipinski definition) is 2. The SMILES string of the molecule is CC(=O)c1ccc2c(c1)[C@H](NC(=O)c1ccc(F)c(F)c1F)[C@@H](O)C(C)(C)O2. The Bertz CT molecular complexity index is 974. The number of carbonyl (C=O) groups is 2. The van der Waals surface area contributed by atoms with Crippen molar-refractivity contribution in [3.8, 4) is 5.75 Å². The van der Waals surface area contributed by atoms with E-state index in [1.807, 2.05) is 0 Å². The quantitative estimate of drug-likeness (QED) is 0.620. The molecule has 0 saturated heterocycles. The van der Waals surface area contributed by atoms with Crippen molar-refractivity contribution in [3.05, 3.63) is 64.5 Å². The van der Waals surface area contributed by atoms with E-state index in [-0.39, 0.29) is 5.78 Å². The fraction of sp³-hybridized carbons (Fsp3) is 0.300. The number of aliphatic hydroxyl groups is 1. The second-order valence-corrected chi connectivity index (χ2v) is 7.13. The number of aliphatic hydroxyl groups excluding tert-OH is 1. The third-order valence-corrected chi connectivity index (χ3v) is 4.72. The van der Waals surface area contributed by atoms with Gasteiger partial charge >= 0.3 is 0 Å². The Balaban J connectivity index is 2.03. The van der Waals surface area contributed by atoms with E-state index in [4.69, 9.17) is 4.74 Å². The normalized spacial score (nSPS) is 20.1. The van der Waals surface area contributed by atoms with Gasteiger partial charge in [0, 0.05) is 11.1 Å². The van der Waals surface area contributed by atoms with Crippen molar-refractivity contribution < 1.29 is 32.6 Å². The Morgan fingerprint density at radius 3 is 2.43 bits per heavy atom. The zero-order chi connectivity index (χ0) is 20.8. The summed E-state index contributed by atoms with van der Waals surface area (Å²) in [5.41, 5.74) is -1.18. The second-order valence-electron chi connectivity index (χ2n) is 7.13. The molecule has 1 heterocycles. The minimum Gasteiger partial charge on any atom is -0.485 e. The van der Waals surface area contributed by atoms with Gasteiger partial charge in [0.25, 0.3) is 5.91 Å². The van der Waals surface area contributed by atoms with Gasteiger partial charge < -0.3 is 15.2 Å². The van der Waals surface area contributed by atoms with Crippen molar-refractivity contribution in [1.29, 1.82) is 0 Å². The first kappa shape index (κ1) is 19.9. The van der Waals surface area contributed by atoms with E-state index in [1.165, 1.54) is 19.1 Å². The van der Waals surface area contributed by atoms with E-state index < -0.39 is 46.7 Å². The number of Topliss-reactive ketones (excluding diaryl/α,β-unsaturated/α-hetero) is 1. The van der Waals surface area contributed by atoms with Crippen LogP contribution < -0.4 is 10.1 Å². The lowest BCUT2D eigenvalue weighted by Gasteiger charge is -2.42. The molecular weight excluding hydrogens is 375 g/mol. The molecule has 0 fully saturated rings. The maximum atomic E-state index is 14.0. The highest BCUT2D eigenvalue weighted by Crippen LogP contribution is 2.40. The predicted octanol–water partition coefficient (Wildman–Crippen LogP) is 3.31. The number of nitrogens with one attached hydrogen (secondary N) is 1. The maximum Gasteiger partial charge on any atom is 0.254 e. The Morgan fingerprint density at radius 1 is 1.11 bits per heavy atom. The van der Waals surface area contributed by atoms with Crippen LogP contribution in [-0.4, -0.2) is 28.5 Å². The number of rotatable bonds is 3. The molecule has 3 rings (SSSR count). The van der Waals surface area contributed by atoms with Crippen LogP contribution in [0.2, 0.25) is 0 Å². The summed E-state index contributed by atoms with van der Waals surface area (Å²) >= 11 is 0. The van der Waals surface area contributed by atoms with Crippen molar-refractivity contribution in [3.63, 3.8) is 0 Å². The van der Waals surface area contributed by atoms with Gasteiger partial charge in [0.1, 0.15) is 17.5 Å². The number of carbonyl (C=O) groups excluding carboxylic acids is 2. The maximum absolute atomic E-state index is 14.0. The van der Waals surface area contributed by atoms with E-state index in [2.05, 4.69) is 5.32 Å². The van der Waals surface area contributed by atoms with Crippen LogP contribution in [0.4, 0.5) is 13.2 Å². The first-order valence-electron chi connectivity index (χ1n) is 8.49. The van der Waals surface area contributed by atoms with Crippen LogP contribution in [0.3, 0.4) is 0 Å². The molecule has 8 heteroatoms. The summed E-state index contributed by atoms with van der Waals surface area (Å²) in [6.07, 6.45) is -1.26. The summed E-state index contributed by atoms with van der Waals surface area (Å²) in [5, 5.41) is 13.1. The average molecular weight is 393 g/mol. The molecule has 28 heavy (non-hydrogen) atoms. The highest BCUT2D eigenvalue weighted by Gasteiger charge is 2.44. The Hall–Kier alpha value is -2.87. The van der Waals surface area contributed by atoms with Crippen LogP contribution in [0.1, 0.15) is 53.1 Å². The van der Waals surface area contributed by atoms with Gasteiger partial charge in [-0.25, -0.2) is 13.2 Å². The highest BCUT2D eigenvalue weighted by molar-refractivity contribution is 5.96. The van der Waals surface area contributed by atoms with Crippen LogP contribution in [0, 0.1) is 17.5 Å². The molecule has 0 unspecified atom stereocenters. The fourth-order valence-electron chi connectivity index (χ4n) is 3.10. The van der Waals surface area contributed by atoms with E-state index >= 15 is 0 Å². The van der Waals surface area contributed by atoms with Crippen molar-refractivity contribution in [2.45, 2.75) is 38.5 Å². The van der Waals surface area contributed by atoms with Crippen LogP contribution in [0.5, 0.6) is 5.75 Å². The van der Waals surface area contributed by atoms with Gasteiger partial charge in [-0.15, -0.1) is 0 Å². The molecule has 2 aromatic rings. The smallest absolute Gasteiger partial charge is 0.254 e. The van der Waals surface area contributed by atoms with Crippen LogP contribution in [0.15, 0.2) is 30.3 Å². The van der Waals surface area contributed by atoms with Gasteiger partial charge in [0.2, 0.25) is 0 Å². The number of ketones is 1. The molecule has 5 nitrogen and oxygen atoms in total. The van der Waals surface area contributed by atoms with E-state index in [0.29, 0.717) is 22.9 Å². The molecule has 0 bridgehead atoms. The number of benzene rings is 2. The third-order valence-electron chi connectivity index (χ3n) is 4.72. The minimum atomic E-state index is -1.76. The average Bonchev–Trinajstić information content (AvgIpc) is 2.62. The summed E-state index contributed by atoms with van der Waals surface area (Å²) < 4.78 is 46.3. The van der Waals surface area contributed by atoms with Crippen molar-refractivity contribution in [2.75, 3.05) is 0 Å². The standard InChI is InChI=1S/C20H18F3NO4/c1-9(25)10-4-7-14-12(8-10)17(18(26)20(2,3)28-14)24-19(27)11-5-6-13(21)16(23)15(11)22/h4-8,17-18,26H,1-3H3,(H,24,27)/t17-,18+/m0/s1. The van der Waals surface area contributed by atoms with Crippen molar-refractivity contribution >= 4 is 11.7 Å². The predicted molar refractivity (Wildman–Crippen MR) is 93.7 cm³/mol. The number of amides is 1. The molecule has 2 atom stereocenters. The second kappa shape index (κ2) is 6.94. The van der Waals surface area contributed by atoms with Gasteiger partial charge in [-0.3, -0.25) is 9.59 Å². The van der Waals surface area contributed by atoms with Gasteiger partial charge in [0.05, 0.1) is 11.6 Å². The molecule has 1 aliphatic rings. The van der Waals surface area contributed by atoms with E-state index in [9.17, 15) is 27.9 Å². The van der Waals surface area contributed by atoms with Gasteiger partial charge in [-0.2, -0.15) is 0 Å². The van der Waals surface area contributed by atoms with Crippen molar-refractivity contribution in [2.24, 2.45) is 0 Å². The summed E-state index contributed by atoms with van der Waals surface area (Å²) in [6, 6.07) is 4.92. The van der Waals surface area contributed by atoms with Gasteiger partial charge in [0.15, 0.2) is 23.2 Å². The van der Waals surface area contributed by atoms with Crippen LogP contribution >= 0.6 is 0 Å². The number of halogens is 3. The van der Waals surface area contributed by atoms with Gasteiger partial charge in [-0.05, 0) is 51.1 Å². The summed E-state index contributed by atoms with van der Waals surface area (Å²) in [7, 11) is 0. The first-order chi connectivity index (χ1) is 13.0. The molecule has 0 saturated carbocycles. The largest absolute Gasteiger partial charge is 0.485 e. The molecular formula is C20H18F3NO4. The lowest BCUT2D eigenvalue weighted by molar-refractivity contribution is -0.0628. The topological polar surface area (TPSA) is 75.6 Å². The van der Waals surface area contributed by atoms with Crippen molar-refractivity contribution in [1.82, 2.24) is 5.32 Å². The van der Waals surface area contributed by atoms with Crippen LogP contribution in [-0.2, 0) is 0 Å². The first-order valence-corrected chi connectivity index (χ1v) is 8.49. The van der Waals surface area contributed by atoms with Gasteiger partial charge in [-0.1, -0.05) is 0 Å². The van der Waals surface area contributed by atoms with E-state index in [0.717, 1.165) is 6.07 Å². The molecule has 0 aliphatic carbocycles. The molecule has 1 aliphatic heterocycles. The molecule has 1 amide bonds. The third kappa shape index (κ3) is 3.35. The zero-order valence-electron chi connectivity index (χ0n) is 15.3. The minimum absolute atomic E-state index is 0.237. The summed E-state index contributed by atoms with van der Waals surface area (Å²) in [4.78, 5) is 24.2. The van der Waals surface area contributed by atoms with E-state index in [1.54, 1.807) is 19.9 Å². The summed E-state index contributed by atoms with van der Waals surface area (Å²) in [6.45, 7) is 4.55. The molecule has 2 N–H and O–H groups in total. The monoisotopic (exact) mass is 393 g/mol. The number of ether oxygens (including phenoxy) is 1. The Kier molecular flexibility index (Phi) is 4.93.